The van der Waals surface area contributed by atoms with E-state index in [2.05, 4.69) is 23.3 Å². The summed E-state index contributed by atoms with van der Waals surface area (Å²) in [6.45, 7) is 0. The van der Waals surface area contributed by atoms with E-state index in [0.29, 0.717) is 0 Å². The van der Waals surface area contributed by atoms with Gasteiger partial charge in [0.2, 0.25) is 0 Å². The Kier molecular flexibility index (Phi) is 24.7. The fourth-order valence-electron chi connectivity index (χ4n) is 0.0567. The van der Waals surface area contributed by atoms with Gasteiger partial charge < -0.3 is 23.3 Å². The molecule has 0 bridgehead atoms. The molecule has 0 unspecified atom stereocenters. The Morgan fingerprint density at radius 3 is 1.20 bits per heavy atom. The van der Waals surface area contributed by atoms with Gasteiger partial charge in [-0.25, -0.2) is 0 Å². The quantitative estimate of drug-likeness (QED) is 0.289. The van der Waals surface area contributed by atoms with Crippen LogP contribution in [0.5, 0.6) is 0 Å². The molecule has 0 aliphatic carbocycles. The van der Waals surface area contributed by atoms with Gasteiger partial charge in [0.05, 0.1) is 0 Å². The Bertz CT molecular complexity index is 38.0. The van der Waals surface area contributed by atoms with E-state index >= 15 is 0 Å². The largest absolute Gasteiger partial charge is 2.00 e. The van der Waals surface area contributed by atoms with Crippen molar-refractivity contribution in [3.63, 3.8) is 0 Å². The number of hydrogen-bond acceptors (Lipinski definition) is 9. The van der Waals surface area contributed by atoms with Crippen LogP contribution in [0.2, 0.25) is 0 Å². The molecule has 0 aromatic heterocycles. The molecule has 0 atom stereocenters. The predicted octanol–water partition coefficient (Wildman–Crippen LogP) is 4.53. The molecule has 0 saturated heterocycles. The average molecular weight is 354 g/mol. The minimum Gasteiger partial charge on any atom is -0.706 e. The average Bonchev–Trinajstić information content (AvgIpc) is 1.89. The van der Waals surface area contributed by atoms with Crippen molar-refractivity contribution in [3.05, 3.63) is 0 Å². The van der Waals surface area contributed by atoms with Crippen LogP contribution in [0.15, 0.2) is 0 Å². The Hall–Kier alpha value is 3.77. The van der Waals surface area contributed by atoms with Gasteiger partial charge in [-0.2, -0.15) is 0 Å². The number of hydrogen-bond donors (Lipinski definition) is 0. The van der Waals surface area contributed by atoms with Crippen molar-refractivity contribution in [2.75, 3.05) is 0 Å². The summed E-state index contributed by atoms with van der Waals surface area (Å²) in [6, 6.07) is 0. The zero-order valence-corrected chi connectivity index (χ0v) is 14.7. The second kappa shape index (κ2) is 15.3. The van der Waals surface area contributed by atoms with Crippen LogP contribution >= 0.6 is 68.8 Å². The molecule has 0 aromatic rings. The van der Waals surface area contributed by atoms with Gasteiger partial charge in [-0.15, -0.1) is 0 Å². The summed E-state index contributed by atoms with van der Waals surface area (Å²) < 4.78 is 0. The van der Waals surface area contributed by atoms with Crippen molar-refractivity contribution in [1.29, 1.82) is 0 Å². The van der Waals surface area contributed by atoms with E-state index in [9.17, 15) is 0 Å². The van der Waals surface area contributed by atoms with Crippen LogP contribution in [-0.4, -0.2) is 0 Å². The van der Waals surface area contributed by atoms with Crippen LogP contribution in [0.3, 0.4) is 0 Å². The van der Waals surface area contributed by atoms with Crippen molar-refractivity contribution in [3.8, 4) is 0 Å². The third-order valence-electron chi connectivity index (χ3n) is 0.167. The smallest absolute Gasteiger partial charge is 0.706 e. The molecular formula is S9Zn. The predicted molar refractivity (Wildman–Crippen MR) is 67.9 cm³/mol. The molecule has 0 radical (unpaired) electrons. The van der Waals surface area contributed by atoms with E-state index in [0.717, 1.165) is 0 Å². The van der Waals surface area contributed by atoms with Crippen molar-refractivity contribution in [2.24, 2.45) is 0 Å². The third-order valence-corrected chi connectivity index (χ3v) is 13.5. The Morgan fingerprint density at radius 1 is 0.600 bits per heavy atom. The molecule has 0 amide bonds. The van der Waals surface area contributed by atoms with E-state index < -0.39 is 0 Å². The first-order valence-electron chi connectivity index (χ1n) is 1.33. The molecule has 0 saturated carbocycles. The summed E-state index contributed by atoms with van der Waals surface area (Å²) in [7, 11) is 10.9. The molecule has 0 N–H and O–H groups in total. The van der Waals surface area contributed by atoms with Gasteiger partial charge in [-0.05, 0) is 49.1 Å². The maximum absolute atomic E-state index is 4.63. The molecule has 56 valence electrons. The van der Waals surface area contributed by atoms with Gasteiger partial charge >= 0.3 is 19.5 Å². The molecule has 0 spiro atoms. The van der Waals surface area contributed by atoms with Crippen LogP contribution in [0.25, 0.3) is 0 Å². The molecule has 0 rings (SSSR count). The van der Waals surface area contributed by atoms with Gasteiger partial charge in [-0.3, -0.25) is 19.7 Å². The normalized spacial score (nSPS) is 9.00. The SMILES string of the molecule is [S-]SSSSSSS[S-].[Zn+2]. The van der Waals surface area contributed by atoms with Crippen LogP contribution < -0.4 is 0 Å². The molecule has 0 nitrogen and oxygen atoms in total. The maximum Gasteiger partial charge on any atom is 2.00 e. The molecule has 0 heterocycles. The minimum absolute atomic E-state index is 0. The summed E-state index contributed by atoms with van der Waals surface area (Å²) in [5.74, 6) is 0. The van der Waals surface area contributed by atoms with E-state index in [-0.39, 0.29) is 19.5 Å². The molecule has 0 aliphatic rings. The van der Waals surface area contributed by atoms with Crippen molar-refractivity contribution in [2.45, 2.75) is 0 Å². The van der Waals surface area contributed by atoms with Gasteiger partial charge in [0.25, 0.3) is 0 Å². The van der Waals surface area contributed by atoms with Crippen molar-refractivity contribution < 1.29 is 19.5 Å². The van der Waals surface area contributed by atoms with Crippen molar-refractivity contribution in [1.82, 2.24) is 0 Å². The molecule has 10 heavy (non-hydrogen) atoms. The van der Waals surface area contributed by atoms with Gasteiger partial charge in [-0.1, -0.05) is 0 Å². The van der Waals surface area contributed by atoms with Gasteiger partial charge in [0, 0.05) is 0 Å². The fraction of sp³-hybridized carbons (Fsp3) is 0. The standard InChI is InChI=1S/H2S9.Zn/c1-3-5-7-9-8-6-4-2;/h1-2H;/q;+2/p-2. The molecule has 10 heteroatoms. The zero-order chi connectivity index (χ0) is 6.95. The minimum atomic E-state index is 0. The first-order chi connectivity index (χ1) is 4.41. The molecular weight excluding hydrogens is 354 g/mol. The summed E-state index contributed by atoms with van der Waals surface area (Å²) >= 11 is 9.27. The van der Waals surface area contributed by atoms with E-state index in [1.54, 1.807) is 49.1 Å². The van der Waals surface area contributed by atoms with Crippen molar-refractivity contribution >= 4 is 92.1 Å². The van der Waals surface area contributed by atoms with E-state index in [1.165, 1.54) is 19.7 Å². The summed E-state index contributed by atoms with van der Waals surface area (Å²) in [6.07, 6.45) is 0. The van der Waals surface area contributed by atoms with E-state index in [1.807, 2.05) is 0 Å². The monoisotopic (exact) mass is 352 g/mol. The third kappa shape index (κ3) is 14.3. The zero-order valence-electron chi connectivity index (χ0n) is 4.38. The summed E-state index contributed by atoms with van der Waals surface area (Å²) in [4.78, 5) is 0. The van der Waals surface area contributed by atoms with Crippen LogP contribution in [0.1, 0.15) is 0 Å². The van der Waals surface area contributed by atoms with Gasteiger partial charge in [0.1, 0.15) is 0 Å². The summed E-state index contributed by atoms with van der Waals surface area (Å²) in [5.41, 5.74) is 0. The second-order valence-electron chi connectivity index (χ2n) is 0.476. The Morgan fingerprint density at radius 2 is 0.900 bits per heavy atom. The summed E-state index contributed by atoms with van der Waals surface area (Å²) in [5, 5.41) is 0. The molecule has 0 aromatic carbocycles. The van der Waals surface area contributed by atoms with Gasteiger partial charge in [0.15, 0.2) is 0 Å². The maximum atomic E-state index is 4.63. The van der Waals surface area contributed by atoms with E-state index in [4.69, 9.17) is 0 Å². The Labute approximate surface area is 110 Å². The Balaban J connectivity index is 0. The first kappa shape index (κ1) is 16.2. The second-order valence-corrected chi connectivity index (χ2v) is 12.9. The topological polar surface area (TPSA) is 0 Å². The fourth-order valence-corrected chi connectivity index (χ4v) is 13.8. The first-order valence-corrected chi connectivity index (χ1v) is 12.0. The number of rotatable bonds is 6. The molecule has 0 aliphatic heterocycles. The van der Waals surface area contributed by atoms with Crippen LogP contribution in [0, 0.1) is 0 Å². The van der Waals surface area contributed by atoms with Crippen LogP contribution in [-0.2, 0) is 42.8 Å². The molecule has 0 fully saturated rings. The van der Waals surface area contributed by atoms with Crippen LogP contribution in [0.4, 0.5) is 0 Å².